The Hall–Kier alpha value is -0.0900. The predicted octanol–water partition coefficient (Wildman–Crippen LogP) is 1.94. The number of carbonyl (C=O) groups excluding carboxylic acids is 1. The van der Waals surface area contributed by atoms with Gasteiger partial charge in [-0.15, -0.1) is 0 Å². The maximum absolute atomic E-state index is 12.2. The number of carbonyl (C=O) groups is 1. The van der Waals surface area contributed by atoms with Crippen LogP contribution in [0, 0.1) is 0 Å². The van der Waals surface area contributed by atoms with Crippen LogP contribution in [-0.2, 0) is 9.53 Å². The van der Waals surface area contributed by atoms with Crippen molar-refractivity contribution < 1.29 is 9.53 Å². The van der Waals surface area contributed by atoms with Crippen molar-refractivity contribution in [2.75, 3.05) is 13.2 Å². The van der Waals surface area contributed by atoms with Gasteiger partial charge in [0.05, 0.1) is 23.1 Å². The van der Waals surface area contributed by atoms with E-state index in [4.69, 9.17) is 4.74 Å². The molecule has 4 heteroatoms. The Kier molecular flexibility index (Phi) is 3.08. The minimum Gasteiger partial charge on any atom is -0.374 e. The van der Waals surface area contributed by atoms with Gasteiger partial charge >= 0.3 is 0 Å². The highest BCUT2D eigenvalue weighted by Gasteiger charge is 2.41. The normalized spacial score (nSPS) is 31.5. The molecule has 0 aromatic carbocycles. The molecule has 0 N–H and O–H groups in total. The first-order valence-electron chi connectivity index (χ1n) is 5.62. The number of fused-ring (bicyclic) bond motifs is 1. The molecule has 1 heterocycles. The lowest BCUT2D eigenvalue weighted by molar-refractivity contribution is -0.145. The molecular formula is C11H18BrNO2. The topological polar surface area (TPSA) is 29.5 Å². The van der Waals surface area contributed by atoms with Crippen molar-refractivity contribution in [1.82, 2.24) is 4.90 Å². The molecule has 0 aromatic rings. The molecule has 1 aliphatic carbocycles. The molecule has 0 aromatic heterocycles. The maximum atomic E-state index is 12.2. The average molecular weight is 276 g/mol. The SMILES string of the molecule is CC(C)(Br)C(=O)N1CCOC2CCCC21. The molecule has 1 saturated carbocycles. The molecule has 15 heavy (non-hydrogen) atoms. The van der Waals surface area contributed by atoms with Crippen molar-refractivity contribution in [2.24, 2.45) is 0 Å². The highest BCUT2D eigenvalue weighted by Crippen LogP contribution is 2.32. The minimum atomic E-state index is -0.447. The van der Waals surface area contributed by atoms with Crippen LogP contribution in [0.2, 0.25) is 0 Å². The number of rotatable bonds is 1. The van der Waals surface area contributed by atoms with Crippen LogP contribution in [0.15, 0.2) is 0 Å². The molecule has 3 nitrogen and oxygen atoms in total. The quantitative estimate of drug-likeness (QED) is 0.685. The number of hydrogen-bond donors (Lipinski definition) is 0. The molecule has 0 spiro atoms. The molecule has 1 amide bonds. The van der Waals surface area contributed by atoms with Crippen molar-refractivity contribution in [2.45, 2.75) is 49.6 Å². The van der Waals surface area contributed by atoms with Crippen LogP contribution in [0.1, 0.15) is 33.1 Å². The van der Waals surface area contributed by atoms with Crippen LogP contribution >= 0.6 is 15.9 Å². The Bertz CT molecular complexity index is 262. The van der Waals surface area contributed by atoms with Crippen LogP contribution in [0.5, 0.6) is 0 Å². The highest BCUT2D eigenvalue weighted by atomic mass is 79.9. The fourth-order valence-electron chi connectivity index (χ4n) is 2.52. The number of hydrogen-bond acceptors (Lipinski definition) is 2. The fourth-order valence-corrected chi connectivity index (χ4v) is 2.75. The van der Waals surface area contributed by atoms with Gasteiger partial charge in [0.2, 0.25) is 5.91 Å². The summed E-state index contributed by atoms with van der Waals surface area (Å²) in [7, 11) is 0. The van der Waals surface area contributed by atoms with E-state index < -0.39 is 4.32 Å². The summed E-state index contributed by atoms with van der Waals surface area (Å²) >= 11 is 3.44. The summed E-state index contributed by atoms with van der Waals surface area (Å²) in [5, 5.41) is 0. The van der Waals surface area contributed by atoms with Gasteiger partial charge in [0.1, 0.15) is 0 Å². The van der Waals surface area contributed by atoms with Crippen molar-refractivity contribution in [1.29, 1.82) is 0 Å². The summed E-state index contributed by atoms with van der Waals surface area (Å²) in [6, 6.07) is 0.322. The Morgan fingerprint density at radius 2 is 2.20 bits per heavy atom. The van der Waals surface area contributed by atoms with Gasteiger partial charge in [0.15, 0.2) is 0 Å². The maximum Gasteiger partial charge on any atom is 0.239 e. The van der Waals surface area contributed by atoms with Gasteiger partial charge < -0.3 is 9.64 Å². The third kappa shape index (κ3) is 2.21. The standard InChI is InChI=1S/C11H18BrNO2/c1-11(2,12)10(14)13-6-7-15-9-5-3-4-8(9)13/h8-9H,3-7H2,1-2H3. The highest BCUT2D eigenvalue weighted by molar-refractivity contribution is 9.10. The van der Waals surface area contributed by atoms with E-state index in [0.29, 0.717) is 12.6 Å². The molecule has 2 aliphatic rings. The molecule has 1 aliphatic heterocycles. The van der Waals surface area contributed by atoms with E-state index in [-0.39, 0.29) is 12.0 Å². The molecule has 86 valence electrons. The van der Waals surface area contributed by atoms with Gasteiger partial charge in [-0.2, -0.15) is 0 Å². The first-order chi connectivity index (χ1) is 7.00. The van der Waals surface area contributed by atoms with Gasteiger partial charge in [0.25, 0.3) is 0 Å². The summed E-state index contributed by atoms with van der Waals surface area (Å²) in [5.41, 5.74) is 0. The van der Waals surface area contributed by atoms with E-state index in [1.807, 2.05) is 18.7 Å². The second kappa shape index (κ2) is 4.06. The third-order valence-electron chi connectivity index (χ3n) is 3.25. The fraction of sp³-hybridized carbons (Fsp3) is 0.909. The van der Waals surface area contributed by atoms with E-state index in [1.54, 1.807) is 0 Å². The molecule has 0 bridgehead atoms. The minimum absolute atomic E-state index is 0.197. The van der Waals surface area contributed by atoms with Crippen LogP contribution in [-0.4, -0.2) is 40.4 Å². The van der Waals surface area contributed by atoms with Gasteiger partial charge in [-0.05, 0) is 33.1 Å². The summed E-state index contributed by atoms with van der Waals surface area (Å²) < 4.78 is 5.24. The van der Waals surface area contributed by atoms with E-state index in [9.17, 15) is 4.79 Å². The summed E-state index contributed by atoms with van der Waals surface area (Å²) in [6.45, 7) is 5.26. The molecule has 0 radical (unpaired) electrons. The molecule has 2 atom stereocenters. The average Bonchev–Trinajstić information content (AvgIpc) is 2.62. The Morgan fingerprint density at radius 1 is 1.47 bits per heavy atom. The molecular weight excluding hydrogens is 258 g/mol. The van der Waals surface area contributed by atoms with Crippen LogP contribution in [0.25, 0.3) is 0 Å². The van der Waals surface area contributed by atoms with E-state index in [1.165, 1.54) is 6.42 Å². The van der Waals surface area contributed by atoms with Crippen molar-refractivity contribution >= 4 is 21.8 Å². The smallest absolute Gasteiger partial charge is 0.239 e. The zero-order valence-electron chi connectivity index (χ0n) is 9.33. The molecule has 2 fully saturated rings. The summed E-state index contributed by atoms with van der Waals surface area (Å²) in [5.74, 6) is 0.197. The Morgan fingerprint density at radius 3 is 2.87 bits per heavy atom. The zero-order valence-corrected chi connectivity index (χ0v) is 10.9. The van der Waals surface area contributed by atoms with E-state index >= 15 is 0 Å². The monoisotopic (exact) mass is 275 g/mol. The lowest BCUT2D eigenvalue weighted by Gasteiger charge is -2.40. The number of nitrogens with zero attached hydrogens (tertiary/aromatic N) is 1. The Balaban J connectivity index is 2.11. The summed E-state index contributed by atoms with van der Waals surface area (Å²) in [4.78, 5) is 14.2. The number of alkyl halides is 1. The number of ether oxygens (including phenoxy) is 1. The van der Waals surface area contributed by atoms with E-state index in [2.05, 4.69) is 15.9 Å². The molecule has 2 unspecified atom stereocenters. The Labute approximate surface area is 99.3 Å². The van der Waals surface area contributed by atoms with Crippen LogP contribution < -0.4 is 0 Å². The third-order valence-corrected chi connectivity index (χ3v) is 3.59. The lowest BCUT2D eigenvalue weighted by Crippen LogP contribution is -2.55. The van der Waals surface area contributed by atoms with Crippen molar-refractivity contribution in [3.63, 3.8) is 0 Å². The lowest BCUT2D eigenvalue weighted by atomic mass is 10.1. The molecule has 1 saturated heterocycles. The number of amides is 1. The van der Waals surface area contributed by atoms with Gasteiger partial charge in [-0.3, -0.25) is 4.79 Å². The van der Waals surface area contributed by atoms with E-state index in [0.717, 1.165) is 19.4 Å². The van der Waals surface area contributed by atoms with Gasteiger partial charge in [-0.25, -0.2) is 0 Å². The number of morpholine rings is 1. The second-order valence-electron chi connectivity index (χ2n) is 4.88. The van der Waals surface area contributed by atoms with Crippen molar-refractivity contribution in [3.05, 3.63) is 0 Å². The summed E-state index contributed by atoms with van der Waals surface area (Å²) in [6.07, 6.45) is 3.68. The van der Waals surface area contributed by atoms with Crippen molar-refractivity contribution in [3.8, 4) is 0 Å². The molecule has 2 rings (SSSR count). The van der Waals surface area contributed by atoms with Gasteiger partial charge in [-0.1, -0.05) is 15.9 Å². The van der Waals surface area contributed by atoms with Crippen LogP contribution in [0.3, 0.4) is 0 Å². The first kappa shape index (κ1) is 11.4. The predicted molar refractivity (Wildman–Crippen MR) is 62.1 cm³/mol. The van der Waals surface area contributed by atoms with Crippen LogP contribution in [0.4, 0.5) is 0 Å². The number of halogens is 1. The first-order valence-corrected chi connectivity index (χ1v) is 6.41. The second-order valence-corrected chi connectivity index (χ2v) is 6.86. The van der Waals surface area contributed by atoms with Gasteiger partial charge in [0, 0.05) is 6.54 Å². The largest absolute Gasteiger partial charge is 0.374 e. The zero-order chi connectivity index (χ0) is 11.1.